The zero-order chi connectivity index (χ0) is 17.7. The van der Waals surface area contributed by atoms with E-state index in [0.29, 0.717) is 25.3 Å². The second-order valence-electron chi connectivity index (χ2n) is 6.37. The molecule has 1 unspecified atom stereocenters. The second kappa shape index (κ2) is 7.95. The number of hydrogen-bond acceptors (Lipinski definition) is 3. The van der Waals surface area contributed by atoms with E-state index in [-0.39, 0.29) is 24.8 Å². The number of carbonyl (C=O) groups is 3. The number of aliphatic carboxylic acids is 1. The third-order valence-electron chi connectivity index (χ3n) is 4.26. The van der Waals surface area contributed by atoms with E-state index in [0.717, 1.165) is 5.69 Å². The van der Waals surface area contributed by atoms with Gasteiger partial charge in [-0.05, 0) is 36.5 Å². The number of nitrogens with one attached hydrogen (secondary N) is 1. The lowest BCUT2D eigenvalue weighted by atomic mass is 10.0. The van der Waals surface area contributed by atoms with Crippen molar-refractivity contribution in [3.63, 3.8) is 0 Å². The molecule has 1 aliphatic rings. The van der Waals surface area contributed by atoms with E-state index >= 15 is 0 Å². The first-order chi connectivity index (χ1) is 11.4. The van der Waals surface area contributed by atoms with E-state index in [4.69, 9.17) is 5.11 Å². The molecule has 0 aromatic heterocycles. The molecule has 1 heterocycles. The Bertz CT molecular complexity index is 610. The highest BCUT2D eigenvalue weighted by molar-refractivity contribution is 6.09. The van der Waals surface area contributed by atoms with Crippen molar-refractivity contribution >= 4 is 23.5 Å². The lowest BCUT2D eigenvalue weighted by Crippen LogP contribution is -2.37. The molecule has 1 aromatic rings. The van der Waals surface area contributed by atoms with Crippen LogP contribution >= 0.6 is 0 Å². The van der Waals surface area contributed by atoms with Gasteiger partial charge in [-0.1, -0.05) is 26.0 Å². The minimum atomic E-state index is -0.891. The molecule has 0 aliphatic carbocycles. The Hall–Kier alpha value is -2.37. The topological polar surface area (TPSA) is 86.7 Å². The number of carboxylic acids is 1. The molecule has 0 radical (unpaired) electrons. The number of benzene rings is 1. The van der Waals surface area contributed by atoms with Gasteiger partial charge in [0.05, 0.1) is 0 Å². The quantitative estimate of drug-likeness (QED) is 0.592. The van der Waals surface area contributed by atoms with Crippen molar-refractivity contribution in [3.05, 3.63) is 29.8 Å². The molecular weight excluding hydrogens is 308 g/mol. The molecule has 1 aliphatic heterocycles. The van der Waals surface area contributed by atoms with Gasteiger partial charge in [0.1, 0.15) is 5.92 Å². The van der Waals surface area contributed by atoms with Crippen molar-refractivity contribution in [2.24, 2.45) is 5.92 Å². The van der Waals surface area contributed by atoms with Gasteiger partial charge in [0.25, 0.3) is 0 Å². The summed E-state index contributed by atoms with van der Waals surface area (Å²) < 4.78 is 0. The monoisotopic (exact) mass is 332 g/mol. The van der Waals surface area contributed by atoms with Crippen LogP contribution in [-0.4, -0.2) is 36.0 Å². The zero-order valence-electron chi connectivity index (χ0n) is 14.1. The summed E-state index contributed by atoms with van der Waals surface area (Å²) in [5.41, 5.74) is 2.02. The zero-order valence-corrected chi connectivity index (χ0v) is 14.1. The Morgan fingerprint density at radius 3 is 2.54 bits per heavy atom. The maximum absolute atomic E-state index is 12.5. The minimum absolute atomic E-state index is 0.00716. The number of nitrogens with zero attached hydrogens (tertiary/aromatic N) is 1. The number of hydrogen-bond donors (Lipinski definition) is 2. The molecule has 2 N–H and O–H groups in total. The van der Waals surface area contributed by atoms with E-state index in [1.807, 2.05) is 24.3 Å². The molecule has 0 bridgehead atoms. The molecule has 130 valence electrons. The molecule has 0 spiro atoms. The van der Waals surface area contributed by atoms with Crippen LogP contribution in [-0.2, 0) is 14.4 Å². The van der Waals surface area contributed by atoms with Crippen LogP contribution in [0.25, 0.3) is 0 Å². The fourth-order valence-corrected chi connectivity index (χ4v) is 2.79. The highest BCUT2D eigenvalue weighted by Gasteiger charge is 2.37. The molecule has 1 saturated heterocycles. The van der Waals surface area contributed by atoms with Crippen LogP contribution < -0.4 is 10.2 Å². The first kappa shape index (κ1) is 18.0. The van der Waals surface area contributed by atoms with Crippen molar-refractivity contribution < 1.29 is 19.5 Å². The van der Waals surface area contributed by atoms with Crippen LogP contribution in [0.2, 0.25) is 0 Å². The van der Waals surface area contributed by atoms with Crippen LogP contribution in [0.4, 0.5) is 5.69 Å². The van der Waals surface area contributed by atoms with Crippen LogP contribution in [0.5, 0.6) is 0 Å². The summed E-state index contributed by atoms with van der Waals surface area (Å²) in [5, 5.41) is 11.2. The van der Waals surface area contributed by atoms with Gasteiger partial charge in [0.15, 0.2) is 0 Å². The van der Waals surface area contributed by atoms with Crippen molar-refractivity contribution in [3.8, 4) is 0 Å². The fraction of sp³-hybridized carbons (Fsp3) is 0.500. The van der Waals surface area contributed by atoms with Gasteiger partial charge in [-0.15, -0.1) is 0 Å². The highest BCUT2D eigenvalue weighted by Crippen LogP contribution is 2.27. The molecule has 6 heteroatoms. The largest absolute Gasteiger partial charge is 0.481 e. The molecule has 6 nitrogen and oxygen atoms in total. The predicted octanol–water partition coefficient (Wildman–Crippen LogP) is 2.14. The van der Waals surface area contributed by atoms with Gasteiger partial charge in [-0.3, -0.25) is 14.4 Å². The molecule has 1 atom stereocenters. The Kier molecular flexibility index (Phi) is 5.95. The molecule has 1 aromatic carbocycles. The van der Waals surface area contributed by atoms with E-state index in [2.05, 4.69) is 19.2 Å². The normalized spacial score (nSPS) is 17.4. The van der Waals surface area contributed by atoms with Crippen LogP contribution in [0.1, 0.15) is 44.6 Å². The summed E-state index contributed by atoms with van der Waals surface area (Å²) in [6.45, 7) is 5.02. The van der Waals surface area contributed by atoms with Crippen molar-refractivity contribution in [1.82, 2.24) is 5.32 Å². The Morgan fingerprint density at radius 1 is 1.29 bits per heavy atom. The number of carboxylic acid groups (broad SMARTS) is 1. The van der Waals surface area contributed by atoms with Crippen molar-refractivity contribution in [1.29, 1.82) is 0 Å². The summed E-state index contributed by atoms with van der Waals surface area (Å²) in [6, 6.07) is 7.85. The number of rotatable bonds is 7. The summed E-state index contributed by atoms with van der Waals surface area (Å²) in [6.07, 6.45) is 0.852. The Labute approximate surface area is 141 Å². The Balaban J connectivity index is 1.91. The van der Waals surface area contributed by atoms with Crippen LogP contribution in [0.15, 0.2) is 24.3 Å². The molecule has 1 fully saturated rings. The summed E-state index contributed by atoms with van der Waals surface area (Å²) in [7, 11) is 0. The van der Waals surface area contributed by atoms with E-state index in [9.17, 15) is 14.4 Å². The smallest absolute Gasteiger partial charge is 0.303 e. The standard InChI is InChI=1S/C18H24N2O4/c1-12(2)13-5-7-14(8-6-13)20-11-9-15(18(20)24)17(23)19-10-3-4-16(21)22/h5-8,12,15H,3-4,9-11H2,1-2H3,(H,19,23)(H,21,22). The number of amides is 2. The van der Waals surface area contributed by atoms with E-state index in [1.165, 1.54) is 5.56 Å². The second-order valence-corrected chi connectivity index (χ2v) is 6.37. The van der Waals surface area contributed by atoms with E-state index in [1.54, 1.807) is 4.90 Å². The lowest BCUT2D eigenvalue weighted by molar-refractivity contribution is -0.137. The molecule has 2 amide bonds. The minimum Gasteiger partial charge on any atom is -0.481 e. The number of anilines is 1. The fourth-order valence-electron chi connectivity index (χ4n) is 2.79. The van der Waals surface area contributed by atoms with E-state index < -0.39 is 11.9 Å². The molecule has 2 rings (SSSR count). The van der Waals surface area contributed by atoms with Gasteiger partial charge in [0.2, 0.25) is 11.8 Å². The highest BCUT2D eigenvalue weighted by atomic mass is 16.4. The predicted molar refractivity (Wildman–Crippen MR) is 90.9 cm³/mol. The average molecular weight is 332 g/mol. The first-order valence-corrected chi connectivity index (χ1v) is 8.31. The lowest BCUT2D eigenvalue weighted by Gasteiger charge is -2.17. The SMILES string of the molecule is CC(C)c1ccc(N2CCC(C(=O)NCCCC(=O)O)C2=O)cc1. The van der Waals surface area contributed by atoms with Crippen molar-refractivity contribution in [2.75, 3.05) is 18.0 Å². The third-order valence-corrected chi connectivity index (χ3v) is 4.26. The van der Waals surface area contributed by atoms with Gasteiger partial charge in [-0.25, -0.2) is 0 Å². The van der Waals surface area contributed by atoms with Gasteiger partial charge in [-0.2, -0.15) is 0 Å². The summed E-state index contributed by atoms with van der Waals surface area (Å²) >= 11 is 0. The van der Waals surface area contributed by atoms with Crippen LogP contribution in [0.3, 0.4) is 0 Å². The van der Waals surface area contributed by atoms with Gasteiger partial charge in [0, 0.05) is 25.2 Å². The third kappa shape index (κ3) is 4.34. The summed E-state index contributed by atoms with van der Waals surface area (Å²) in [5.74, 6) is -1.65. The average Bonchev–Trinajstić information content (AvgIpc) is 2.93. The summed E-state index contributed by atoms with van der Waals surface area (Å²) in [4.78, 5) is 36.7. The first-order valence-electron chi connectivity index (χ1n) is 8.31. The van der Waals surface area contributed by atoms with Gasteiger partial charge < -0.3 is 15.3 Å². The molecule has 0 saturated carbocycles. The molecular formula is C18H24N2O4. The molecule has 24 heavy (non-hydrogen) atoms. The maximum Gasteiger partial charge on any atom is 0.303 e. The number of carbonyl (C=O) groups excluding carboxylic acids is 2. The van der Waals surface area contributed by atoms with Crippen molar-refractivity contribution in [2.45, 2.75) is 39.0 Å². The Morgan fingerprint density at radius 2 is 1.96 bits per heavy atom. The van der Waals surface area contributed by atoms with Gasteiger partial charge >= 0.3 is 5.97 Å². The van der Waals surface area contributed by atoms with Crippen LogP contribution in [0, 0.1) is 5.92 Å². The maximum atomic E-state index is 12.5.